The Morgan fingerprint density at radius 3 is 2.68 bits per heavy atom. The first-order valence-corrected chi connectivity index (χ1v) is 10.5. The van der Waals surface area contributed by atoms with Crippen LogP contribution in [0.5, 0.6) is 5.75 Å². The fourth-order valence-electron chi connectivity index (χ4n) is 4.41. The van der Waals surface area contributed by atoms with Crippen molar-refractivity contribution in [3.8, 4) is 5.75 Å². The van der Waals surface area contributed by atoms with Crippen LogP contribution in [0.2, 0.25) is 0 Å². The Bertz CT molecular complexity index is 1000. The third kappa shape index (κ3) is 4.80. The second kappa shape index (κ2) is 9.34. The van der Waals surface area contributed by atoms with Gasteiger partial charge in [-0.2, -0.15) is 0 Å². The molecule has 1 N–H and O–H groups in total. The minimum atomic E-state index is -0.245. The van der Waals surface area contributed by atoms with Gasteiger partial charge in [-0.3, -0.25) is 14.4 Å². The van der Waals surface area contributed by atoms with Gasteiger partial charge in [-0.1, -0.05) is 18.2 Å². The van der Waals surface area contributed by atoms with Gasteiger partial charge >= 0.3 is 0 Å². The van der Waals surface area contributed by atoms with E-state index in [-0.39, 0.29) is 47.9 Å². The second-order valence-electron chi connectivity index (χ2n) is 8.08. The van der Waals surface area contributed by atoms with Gasteiger partial charge in [0.25, 0.3) is 11.5 Å². The Labute approximate surface area is 180 Å². The number of carbonyl (C=O) groups is 2. The average Bonchev–Trinajstić information content (AvgIpc) is 2.79. The maximum atomic E-state index is 12.9. The fourth-order valence-corrected chi connectivity index (χ4v) is 4.41. The van der Waals surface area contributed by atoms with Gasteiger partial charge in [-0.25, -0.2) is 0 Å². The van der Waals surface area contributed by atoms with E-state index in [2.05, 4.69) is 5.32 Å². The number of ether oxygens (including phenoxy) is 2. The maximum Gasteiger partial charge on any atom is 0.274 e. The molecule has 1 aromatic heterocycles. The number of para-hydroxylation sites is 1. The lowest BCUT2D eigenvalue weighted by Crippen LogP contribution is -2.50. The third-order valence-electron chi connectivity index (χ3n) is 5.87. The summed E-state index contributed by atoms with van der Waals surface area (Å²) in [5.41, 5.74) is 1.01. The average molecular weight is 425 g/mol. The number of piperidine rings is 1. The van der Waals surface area contributed by atoms with Crippen LogP contribution in [0.4, 0.5) is 5.69 Å². The van der Waals surface area contributed by atoms with Crippen LogP contribution in [0.15, 0.2) is 47.3 Å². The van der Waals surface area contributed by atoms with Crippen LogP contribution in [0.25, 0.3) is 0 Å². The molecule has 0 aliphatic carbocycles. The highest BCUT2D eigenvalue weighted by Crippen LogP contribution is 2.35. The SMILES string of the molecule is COCCC(=O)Nc1ccc2n(c1=O)C[C@H]1C[C@@H]2CN(C(=O)COc2ccccc2)C1. The molecular formula is C23H27N3O5. The first-order valence-electron chi connectivity index (χ1n) is 10.5. The topological polar surface area (TPSA) is 89.9 Å². The smallest absolute Gasteiger partial charge is 0.274 e. The number of pyridine rings is 1. The first-order chi connectivity index (χ1) is 15.0. The molecule has 1 fully saturated rings. The van der Waals surface area contributed by atoms with Crippen LogP contribution < -0.4 is 15.6 Å². The number of rotatable bonds is 7. The number of nitrogens with one attached hydrogen (secondary N) is 1. The second-order valence-corrected chi connectivity index (χ2v) is 8.08. The van der Waals surface area contributed by atoms with Crippen molar-refractivity contribution in [2.75, 3.05) is 38.7 Å². The zero-order chi connectivity index (χ0) is 21.8. The predicted octanol–water partition coefficient (Wildman–Crippen LogP) is 1.85. The molecule has 2 aliphatic heterocycles. The summed E-state index contributed by atoms with van der Waals surface area (Å²) in [4.78, 5) is 39.5. The molecule has 2 aliphatic rings. The van der Waals surface area contributed by atoms with E-state index in [1.807, 2.05) is 41.3 Å². The van der Waals surface area contributed by atoms with Crippen LogP contribution in [-0.2, 0) is 20.9 Å². The Kier molecular flexibility index (Phi) is 6.36. The first kappa shape index (κ1) is 21.1. The van der Waals surface area contributed by atoms with E-state index in [0.717, 1.165) is 12.1 Å². The normalized spacial score (nSPS) is 19.5. The highest BCUT2D eigenvalue weighted by Gasteiger charge is 2.36. The van der Waals surface area contributed by atoms with Gasteiger partial charge in [0.05, 0.1) is 13.0 Å². The van der Waals surface area contributed by atoms with Gasteiger partial charge in [-0.15, -0.1) is 0 Å². The fraction of sp³-hybridized carbons (Fsp3) is 0.435. The molecule has 8 heteroatoms. The number of amides is 2. The summed E-state index contributed by atoms with van der Waals surface area (Å²) in [7, 11) is 1.53. The van der Waals surface area contributed by atoms with Gasteiger partial charge in [-0.05, 0) is 36.6 Å². The number of hydrogen-bond acceptors (Lipinski definition) is 5. The largest absolute Gasteiger partial charge is 0.484 e. The highest BCUT2D eigenvalue weighted by molar-refractivity contribution is 5.90. The number of carbonyl (C=O) groups excluding carboxylic acids is 2. The molecule has 2 aromatic rings. The highest BCUT2D eigenvalue weighted by atomic mass is 16.5. The number of fused-ring (bicyclic) bond motifs is 4. The Morgan fingerprint density at radius 2 is 1.90 bits per heavy atom. The van der Waals surface area contributed by atoms with Crippen LogP contribution in [0.3, 0.4) is 0 Å². The summed E-state index contributed by atoms with van der Waals surface area (Å²) in [6.07, 6.45) is 1.15. The van der Waals surface area contributed by atoms with E-state index in [1.165, 1.54) is 7.11 Å². The zero-order valence-corrected chi connectivity index (χ0v) is 17.6. The number of nitrogens with zero attached hydrogens (tertiary/aromatic N) is 2. The monoisotopic (exact) mass is 425 g/mol. The van der Waals surface area contributed by atoms with Crippen molar-refractivity contribution in [2.24, 2.45) is 5.92 Å². The molecular weight excluding hydrogens is 398 g/mol. The Morgan fingerprint density at radius 1 is 1.10 bits per heavy atom. The lowest BCUT2D eigenvalue weighted by Gasteiger charge is -2.42. The van der Waals surface area contributed by atoms with Crippen LogP contribution in [0, 0.1) is 5.92 Å². The summed E-state index contributed by atoms with van der Waals surface area (Å²) in [6, 6.07) is 12.8. The van der Waals surface area contributed by atoms with Crippen molar-refractivity contribution < 1.29 is 19.1 Å². The van der Waals surface area contributed by atoms with Crippen LogP contribution >= 0.6 is 0 Å². The van der Waals surface area contributed by atoms with Gasteiger partial charge in [0.15, 0.2) is 6.61 Å². The third-order valence-corrected chi connectivity index (χ3v) is 5.87. The molecule has 2 atom stereocenters. The van der Waals surface area contributed by atoms with Crippen molar-refractivity contribution in [3.63, 3.8) is 0 Å². The molecule has 2 amide bonds. The lowest BCUT2D eigenvalue weighted by molar-refractivity contribution is -0.136. The molecule has 8 nitrogen and oxygen atoms in total. The predicted molar refractivity (Wildman–Crippen MR) is 115 cm³/mol. The van der Waals surface area contributed by atoms with E-state index in [4.69, 9.17) is 9.47 Å². The van der Waals surface area contributed by atoms with Gasteiger partial charge in [0.1, 0.15) is 11.4 Å². The van der Waals surface area contributed by atoms with Crippen molar-refractivity contribution in [3.05, 3.63) is 58.5 Å². The molecule has 0 unspecified atom stereocenters. The summed E-state index contributed by atoms with van der Waals surface area (Å²) in [5.74, 6) is 0.676. The van der Waals surface area contributed by atoms with E-state index in [0.29, 0.717) is 32.0 Å². The molecule has 164 valence electrons. The Hall–Kier alpha value is -3.13. The van der Waals surface area contributed by atoms with Crippen LogP contribution in [0.1, 0.15) is 24.5 Å². The van der Waals surface area contributed by atoms with Gasteiger partial charge in [0.2, 0.25) is 5.91 Å². The summed E-state index contributed by atoms with van der Waals surface area (Å²) in [5, 5.41) is 2.69. The maximum absolute atomic E-state index is 12.9. The lowest BCUT2D eigenvalue weighted by atomic mass is 9.83. The van der Waals surface area contributed by atoms with Crippen molar-refractivity contribution in [1.29, 1.82) is 0 Å². The summed E-state index contributed by atoms with van der Waals surface area (Å²) < 4.78 is 12.3. The van der Waals surface area contributed by atoms with Crippen molar-refractivity contribution in [2.45, 2.75) is 25.3 Å². The van der Waals surface area contributed by atoms with Crippen molar-refractivity contribution >= 4 is 17.5 Å². The molecule has 0 radical (unpaired) electrons. The number of hydrogen-bond donors (Lipinski definition) is 1. The molecule has 1 saturated heterocycles. The number of benzene rings is 1. The quantitative estimate of drug-likeness (QED) is 0.731. The van der Waals surface area contributed by atoms with E-state index in [9.17, 15) is 14.4 Å². The van der Waals surface area contributed by atoms with Crippen molar-refractivity contribution in [1.82, 2.24) is 9.47 Å². The number of anilines is 1. The van der Waals surface area contributed by atoms with Gasteiger partial charge in [0, 0.05) is 38.4 Å². The van der Waals surface area contributed by atoms with E-state index >= 15 is 0 Å². The minimum absolute atomic E-state index is 0.00268. The Balaban J connectivity index is 1.43. The summed E-state index contributed by atoms with van der Waals surface area (Å²) in [6.45, 7) is 2.01. The van der Waals surface area contributed by atoms with E-state index in [1.54, 1.807) is 10.6 Å². The molecule has 4 rings (SSSR count). The molecule has 0 saturated carbocycles. The van der Waals surface area contributed by atoms with Crippen LogP contribution in [-0.4, -0.2) is 54.7 Å². The number of methoxy groups -OCH3 is 1. The zero-order valence-electron chi connectivity index (χ0n) is 17.6. The molecule has 2 bridgehead atoms. The van der Waals surface area contributed by atoms with E-state index < -0.39 is 0 Å². The molecule has 1 aromatic carbocycles. The minimum Gasteiger partial charge on any atom is -0.484 e. The van der Waals surface area contributed by atoms with Gasteiger partial charge < -0.3 is 24.3 Å². The molecule has 0 spiro atoms. The molecule has 31 heavy (non-hydrogen) atoms. The molecule has 3 heterocycles. The number of likely N-dealkylation sites (tertiary alicyclic amines) is 1. The number of aromatic nitrogens is 1. The summed E-state index contributed by atoms with van der Waals surface area (Å²) >= 11 is 0. The standard InChI is InChI=1S/C23H27N3O5/c1-30-10-9-21(27)24-19-7-8-20-17-11-16(13-26(20)23(19)29)12-25(14-17)22(28)15-31-18-5-3-2-4-6-18/h2-8,16-17H,9-15H2,1H3,(H,24,27)/t16-,17+/m0/s1.